The van der Waals surface area contributed by atoms with Gasteiger partial charge in [-0.2, -0.15) is 8.42 Å². The Morgan fingerprint density at radius 3 is 2.72 bits per heavy atom. The van der Waals surface area contributed by atoms with Gasteiger partial charge in [-0.1, -0.05) is 24.4 Å². The van der Waals surface area contributed by atoms with Gasteiger partial charge in [-0.05, 0) is 12.1 Å². The third-order valence-electron chi connectivity index (χ3n) is 2.20. The van der Waals surface area contributed by atoms with Crippen LogP contribution in [0.5, 0.6) is 0 Å². The summed E-state index contributed by atoms with van der Waals surface area (Å²) >= 11 is 4.86. The van der Waals surface area contributed by atoms with Gasteiger partial charge in [0.25, 0.3) is 10.0 Å². The second-order valence-corrected chi connectivity index (χ2v) is 5.52. The van der Waals surface area contributed by atoms with Crippen molar-refractivity contribution in [2.45, 2.75) is 5.03 Å². The second kappa shape index (κ2) is 4.75. The molecule has 2 aromatic rings. The zero-order valence-corrected chi connectivity index (χ0v) is 10.8. The first-order valence-electron chi connectivity index (χ1n) is 4.91. The summed E-state index contributed by atoms with van der Waals surface area (Å²) in [5.41, 5.74) is 6.33. The maximum Gasteiger partial charge on any atom is 0.278 e. The number of imidazole rings is 1. The molecule has 0 saturated heterocycles. The van der Waals surface area contributed by atoms with Crippen LogP contribution in [-0.2, 0) is 10.0 Å². The number of nitrogens with zero attached hydrogens (tertiary/aromatic N) is 1. The summed E-state index contributed by atoms with van der Waals surface area (Å²) in [7, 11) is -3.71. The van der Waals surface area contributed by atoms with E-state index in [1.54, 1.807) is 24.3 Å². The lowest BCUT2D eigenvalue weighted by Crippen LogP contribution is -2.18. The molecule has 1 aromatic heterocycles. The van der Waals surface area contributed by atoms with E-state index in [2.05, 4.69) is 14.7 Å². The van der Waals surface area contributed by atoms with Gasteiger partial charge < -0.3 is 10.7 Å². The minimum atomic E-state index is -3.71. The Kier molecular flexibility index (Phi) is 3.30. The molecule has 0 spiro atoms. The monoisotopic (exact) mass is 282 g/mol. The fourth-order valence-electron chi connectivity index (χ4n) is 1.38. The van der Waals surface area contributed by atoms with E-state index in [9.17, 15) is 8.42 Å². The predicted molar refractivity (Wildman–Crippen MR) is 71.7 cm³/mol. The molecule has 0 aliphatic rings. The molecule has 0 amide bonds. The van der Waals surface area contributed by atoms with Crippen LogP contribution >= 0.6 is 12.2 Å². The summed E-state index contributed by atoms with van der Waals surface area (Å²) in [5.74, 6) is 0. The zero-order chi connectivity index (χ0) is 13.2. The Balaban J connectivity index is 2.39. The number of H-pyrrole nitrogens is 1. The highest BCUT2D eigenvalue weighted by atomic mass is 32.2. The van der Waals surface area contributed by atoms with Crippen LogP contribution in [0.1, 0.15) is 5.56 Å². The van der Waals surface area contributed by atoms with Gasteiger partial charge >= 0.3 is 0 Å². The van der Waals surface area contributed by atoms with Crippen LogP contribution in [0.15, 0.2) is 41.8 Å². The molecule has 2 rings (SSSR count). The molecule has 8 heteroatoms. The van der Waals surface area contributed by atoms with Gasteiger partial charge in [0.15, 0.2) is 5.03 Å². The molecule has 0 atom stereocenters. The van der Waals surface area contributed by atoms with Crippen LogP contribution in [0.4, 0.5) is 5.69 Å². The van der Waals surface area contributed by atoms with Crippen molar-refractivity contribution in [2.75, 3.05) is 4.72 Å². The summed E-state index contributed by atoms with van der Waals surface area (Å²) in [6.45, 7) is 0. The van der Waals surface area contributed by atoms with Crippen molar-refractivity contribution in [1.82, 2.24) is 9.97 Å². The van der Waals surface area contributed by atoms with Crippen LogP contribution in [0.3, 0.4) is 0 Å². The number of hydrogen-bond donors (Lipinski definition) is 3. The number of aromatic nitrogens is 2. The molecule has 1 heterocycles. The highest BCUT2D eigenvalue weighted by Gasteiger charge is 2.17. The van der Waals surface area contributed by atoms with Crippen molar-refractivity contribution >= 4 is 32.9 Å². The predicted octanol–water partition coefficient (Wildman–Crippen LogP) is 0.845. The Bertz CT molecular complexity index is 665. The van der Waals surface area contributed by atoms with Crippen LogP contribution in [0, 0.1) is 0 Å². The number of thiocarbonyl (C=S) groups is 1. The van der Waals surface area contributed by atoms with Crippen molar-refractivity contribution in [2.24, 2.45) is 5.73 Å². The van der Waals surface area contributed by atoms with Gasteiger partial charge in [-0.3, -0.25) is 4.72 Å². The molecule has 94 valence electrons. The third kappa shape index (κ3) is 2.49. The molecule has 0 fully saturated rings. The molecule has 0 aliphatic heterocycles. The molecular formula is C10H10N4O2S2. The molecule has 0 unspecified atom stereocenters. The first-order chi connectivity index (χ1) is 8.50. The Morgan fingerprint density at radius 2 is 2.11 bits per heavy atom. The molecule has 1 aromatic carbocycles. The number of sulfonamides is 1. The fourth-order valence-corrected chi connectivity index (χ4v) is 2.54. The van der Waals surface area contributed by atoms with Gasteiger partial charge in [0.05, 0.1) is 18.2 Å². The van der Waals surface area contributed by atoms with Crippen molar-refractivity contribution in [3.8, 4) is 0 Å². The van der Waals surface area contributed by atoms with Crippen LogP contribution in [0.2, 0.25) is 0 Å². The molecular weight excluding hydrogens is 272 g/mol. The third-order valence-corrected chi connectivity index (χ3v) is 3.71. The number of para-hydroxylation sites is 1. The summed E-state index contributed by atoms with van der Waals surface area (Å²) in [5, 5.41) is -0.0276. The Labute approximate surface area is 109 Å². The quantitative estimate of drug-likeness (QED) is 0.722. The van der Waals surface area contributed by atoms with Gasteiger partial charge in [0.2, 0.25) is 0 Å². The number of nitrogens with two attached hydrogens (primary N) is 1. The average molecular weight is 282 g/mol. The lowest BCUT2D eigenvalue weighted by molar-refractivity contribution is 0.598. The van der Waals surface area contributed by atoms with E-state index in [1.165, 1.54) is 12.5 Å². The largest absolute Gasteiger partial charge is 0.389 e. The van der Waals surface area contributed by atoms with Gasteiger partial charge in [0, 0.05) is 5.56 Å². The zero-order valence-electron chi connectivity index (χ0n) is 9.12. The van der Waals surface area contributed by atoms with E-state index in [4.69, 9.17) is 18.0 Å². The van der Waals surface area contributed by atoms with E-state index in [0.717, 1.165) is 0 Å². The number of benzene rings is 1. The van der Waals surface area contributed by atoms with E-state index in [0.29, 0.717) is 11.3 Å². The highest BCUT2D eigenvalue weighted by molar-refractivity contribution is 7.92. The van der Waals surface area contributed by atoms with Gasteiger partial charge in [0.1, 0.15) is 4.99 Å². The highest BCUT2D eigenvalue weighted by Crippen LogP contribution is 2.18. The SMILES string of the molecule is NC(=S)c1ccccc1NS(=O)(=O)c1cnc[nH]1. The molecule has 0 bridgehead atoms. The summed E-state index contributed by atoms with van der Waals surface area (Å²) in [4.78, 5) is 6.31. The maximum atomic E-state index is 12.0. The number of rotatable bonds is 4. The minimum Gasteiger partial charge on any atom is -0.389 e. The molecule has 18 heavy (non-hydrogen) atoms. The van der Waals surface area contributed by atoms with Crippen LogP contribution in [0.25, 0.3) is 0 Å². The Hall–Kier alpha value is -1.93. The number of nitrogens with one attached hydrogen (secondary N) is 2. The van der Waals surface area contributed by atoms with Crippen molar-refractivity contribution < 1.29 is 8.42 Å². The van der Waals surface area contributed by atoms with Gasteiger partial charge in [-0.15, -0.1) is 0 Å². The Morgan fingerprint density at radius 1 is 1.39 bits per heavy atom. The summed E-state index contributed by atoms with van der Waals surface area (Å²) in [6.07, 6.45) is 2.50. The van der Waals surface area contributed by atoms with Crippen molar-refractivity contribution in [1.29, 1.82) is 0 Å². The second-order valence-electron chi connectivity index (χ2n) is 3.43. The molecule has 4 N–H and O–H groups in total. The van der Waals surface area contributed by atoms with E-state index < -0.39 is 10.0 Å². The van der Waals surface area contributed by atoms with Gasteiger partial charge in [-0.25, -0.2) is 4.98 Å². The minimum absolute atomic E-state index is 0.0276. The molecule has 6 nitrogen and oxygen atoms in total. The summed E-state index contributed by atoms with van der Waals surface area (Å²) < 4.78 is 26.3. The van der Waals surface area contributed by atoms with E-state index in [-0.39, 0.29) is 10.0 Å². The van der Waals surface area contributed by atoms with E-state index in [1.807, 2.05) is 0 Å². The summed E-state index contributed by atoms with van der Waals surface area (Å²) in [6, 6.07) is 6.64. The number of anilines is 1. The fraction of sp³-hybridized carbons (Fsp3) is 0. The number of hydrogen-bond acceptors (Lipinski definition) is 4. The van der Waals surface area contributed by atoms with Crippen LogP contribution in [-0.4, -0.2) is 23.4 Å². The first-order valence-corrected chi connectivity index (χ1v) is 6.80. The van der Waals surface area contributed by atoms with Crippen molar-refractivity contribution in [3.05, 3.63) is 42.4 Å². The lowest BCUT2D eigenvalue weighted by Gasteiger charge is -2.10. The van der Waals surface area contributed by atoms with Crippen molar-refractivity contribution in [3.63, 3.8) is 0 Å². The molecule has 0 radical (unpaired) electrons. The standard InChI is InChI=1S/C10H10N4O2S2/c11-10(17)7-3-1-2-4-8(7)14-18(15,16)9-5-12-6-13-9/h1-6,14H,(H2,11,17)(H,12,13). The van der Waals surface area contributed by atoms with Crippen LogP contribution < -0.4 is 10.5 Å². The lowest BCUT2D eigenvalue weighted by atomic mass is 10.2. The van der Waals surface area contributed by atoms with E-state index >= 15 is 0 Å². The average Bonchev–Trinajstić information content (AvgIpc) is 2.83. The topological polar surface area (TPSA) is 101 Å². The molecule has 0 saturated carbocycles. The first kappa shape index (κ1) is 12.5. The normalized spacial score (nSPS) is 11.1. The maximum absolute atomic E-state index is 12.0. The molecule has 0 aliphatic carbocycles. The smallest absolute Gasteiger partial charge is 0.278 e. The number of aromatic amines is 1.